The van der Waals surface area contributed by atoms with Crippen molar-refractivity contribution in [2.45, 2.75) is 30.2 Å². The van der Waals surface area contributed by atoms with Gasteiger partial charge in [-0.1, -0.05) is 47.1 Å². The molecule has 22 heavy (non-hydrogen) atoms. The monoisotopic (exact) mass is 354 g/mol. The Bertz CT molecular complexity index is 652. The Hall–Kier alpha value is -1.23. The quantitative estimate of drug-likeness (QED) is 0.788. The lowest BCUT2D eigenvalue weighted by molar-refractivity contribution is -0.120. The molecule has 1 heterocycles. The number of hydrogen-bond acceptors (Lipinski definition) is 3. The SMILES string of the molecule is C[C@H](Sc1ccccn1)C(=O)N[C@@H](C)c1ccc(Cl)cc1Cl. The molecule has 0 aliphatic rings. The summed E-state index contributed by atoms with van der Waals surface area (Å²) in [4.78, 5) is 16.5. The number of benzene rings is 1. The van der Waals surface area contributed by atoms with Crippen LogP contribution in [0.3, 0.4) is 0 Å². The Morgan fingerprint density at radius 3 is 2.64 bits per heavy atom. The molecule has 0 saturated carbocycles. The Morgan fingerprint density at radius 2 is 2.00 bits per heavy atom. The third kappa shape index (κ3) is 4.63. The fourth-order valence-corrected chi connectivity index (χ4v) is 3.30. The number of carbonyl (C=O) groups is 1. The maximum Gasteiger partial charge on any atom is 0.233 e. The van der Waals surface area contributed by atoms with Gasteiger partial charge in [0.1, 0.15) is 0 Å². The van der Waals surface area contributed by atoms with Crippen LogP contribution in [0.1, 0.15) is 25.5 Å². The lowest BCUT2D eigenvalue weighted by atomic mass is 10.1. The topological polar surface area (TPSA) is 42.0 Å². The highest BCUT2D eigenvalue weighted by Gasteiger charge is 2.19. The van der Waals surface area contributed by atoms with Gasteiger partial charge in [0.2, 0.25) is 5.91 Å². The van der Waals surface area contributed by atoms with Crippen LogP contribution in [-0.4, -0.2) is 16.1 Å². The number of nitrogens with zero attached hydrogens (tertiary/aromatic N) is 1. The smallest absolute Gasteiger partial charge is 0.233 e. The fraction of sp³-hybridized carbons (Fsp3) is 0.250. The van der Waals surface area contributed by atoms with Gasteiger partial charge in [-0.05, 0) is 43.7 Å². The predicted molar refractivity (Wildman–Crippen MR) is 92.6 cm³/mol. The number of hydrogen-bond donors (Lipinski definition) is 1. The van der Waals surface area contributed by atoms with Gasteiger partial charge in [0.05, 0.1) is 16.3 Å². The molecule has 0 radical (unpaired) electrons. The summed E-state index contributed by atoms with van der Waals surface area (Å²) in [6.07, 6.45) is 1.71. The van der Waals surface area contributed by atoms with Crippen molar-refractivity contribution >= 4 is 40.9 Å². The number of thioether (sulfide) groups is 1. The van der Waals surface area contributed by atoms with E-state index in [0.717, 1.165) is 10.6 Å². The minimum Gasteiger partial charge on any atom is -0.349 e. The van der Waals surface area contributed by atoms with Gasteiger partial charge in [0.25, 0.3) is 0 Å². The average Bonchev–Trinajstić information content (AvgIpc) is 2.47. The number of halogens is 2. The van der Waals surface area contributed by atoms with Crippen molar-refractivity contribution < 1.29 is 4.79 Å². The van der Waals surface area contributed by atoms with Crippen molar-refractivity contribution in [2.24, 2.45) is 0 Å². The first-order chi connectivity index (χ1) is 10.5. The van der Waals surface area contributed by atoms with E-state index in [-0.39, 0.29) is 17.2 Å². The van der Waals surface area contributed by atoms with Gasteiger partial charge in [0.15, 0.2) is 0 Å². The van der Waals surface area contributed by atoms with Crippen molar-refractivity contribution in [2.75, 3.05) is 0 Å². The van der Waals surface area contributed by atoms with Crippen molar-refractivity contribution in [3.8, 4) is 0 Å². The van der Waals surface area contributed by atoms with Crippen LogP contribution in [0.5, 0.6) is 0 Å². The number of rotatable bonds is 5. The van der Waals surface area contributed by atoms with Gasteiger partial charge in [-0.3, -0.25) is 4.79 Å². The van der Waals surface area contributed by atoms with Gasteiger partial charge < -0.3 is 5.32 Å². The van der Waals surface area contributed by atoms with Crippen LogP contribution in [0.4, 0.5) is 0 Å². The van der Waals surface area contributed by atoms with Gasteiger partial charge in [0, 0.05) is 16.2 Å². The summed E-state index contributed by atoms with van der Waals surface area (Å²) in [7, 11) is 0. The van der Waals surface area contributed by atoms with Crippen LogP contribution in [-0.2, 0) is 4.79 Å². The van der Waals surface area contributed by atoms with Crippen LogP contribution in [0, 0.1) is 0 Å². The zero-order valence-electron chi connectivity index (χ0n) is 12.2. The predicted octanol–water partition coefficient (Wildman–Crippen LogP) is 4.75. The van der Waals surface area contributed by atoms with Gasteiger partial charge in [-0.15, -0.1) is 0 Å². The van der Waals surface area contributed by atoms with Gasteiger partial charge in [-0.25, -0.2) is 4.98 Å². The summed E-state index contributed by atoms with van der Waals surface area (Å²) in [6, 6.07) is 10.7. The van der Waals surface area contributed by atoms with Crippen LogP contribution in [0.2, 0.25) is 10.0 Å². The van der Waals surface area contributed by atoms with E-state index in [2.05, 4.69) is 10.3 Å². The fourth-order valence-electron chi connectivity index (χ4n) is 1.91. The molecule has 0 saturated heterocycles. The minimum atomic E-state index is -0.247. The summed E-state index contributed by atoms with van der Waals surface area (Å²) in [6.45, 7) is 3.75. The molecular weight excluding hydrogens is 339 g/mol. The molecule has 3 nitrogen and oxygen atoms in total. The van der Waals surface area contributed by atoms with E-state index in [4.69, 9.17) is 23.2 Å². The summed E-state index contributed by atoms with van der Waals surface area (Å²) in [5.41, 5.74) is 0.842. The van der Waals surface area contributed by atoms with Gasteiger partial charge in [-0.2, -0.15) is 0 Å². The number of aromatic nitrogens is 1. The highest BCUT2D eigenvalue weighted by Crippen LogP contribution is 2.27. The molecule has 2 aromatic rings. The van der Waals surface area contributed by atoms with E-state index < -0.39 is 0 Å². The second-order valence-electron chi connectivity index (χ2n) is 4.82. The Labute approximate surface area is 144 Å². The molecule has 0 fully saturated rings. The largest absolute Gasteiger partial charge is 0.349 e. The molecule has 0 unspecified atom stereocenters. The van der Waals surface area contributed by atoms with Gasteiger partial charge >= 0.3 is 0 Å². The third-order valence-corrected chi connectivity index (χ3v) is 4.71. The molecular formula is C16H16Cl2N2OS. The lowest BCUT2D eigenvalue weighted by Crippen LogP contribution is -2.33. The summed E-state index contributed by atoms with van der Waals surface area (Å²) >= 11 is 13.5. The molecule has 6 heteroatoms. The molecule has 1 aromatic heterocycles. The van der Waals surface area contributed by atoms with Crippen molar-refractivity contribution in [3.05, 3.63) is 58.2 Å². The molecule has 2 rings (SSSR count). The second-order valence-corrected chi connectivity index (χ2v) is 7.03. The highest BCUT2D eigenvalue weighted by atomic mass is 35.5. The average molecular weight is 355 g/mol. The number of carbonyl (C=O) groups excluding carboxylic acids is 1. The van der Waals surface area contributed by atoms with E-state index in [9.17, 15) is 4.79 Å². The summed E-state index contributed by atoms with van der Waals surface area (Å²) < 4.78 is 0. The first-order valence-corrected chi connectivity index (χ1v) is 8.44. The first-order valence-electron chi connectivity index (χ1n) is 6.80. The van der Waals surface area contributed by atoms with Crippen LogP contribution in [0.15, 0.2) is 47.6 Å². The van der Waals surface area contributed by atoms with E-state index in [0.29, 0.717) is 10.0 Å². The molecule has 2 atom stereocenters. The zero-order chi connectivity index (χ0) is 16.1. The molecule has 0 spiro atoms. The van der Waals surface area contributed by atoms with Crippen molar-refractivity contribution in [3.63, 3.8) is 0 Å². The Kier molecular flexibility index (Phi) is 6.12. The minimum absolute atomic E-state index is 0.0610. The molecule has 1 amide bonds. The molecule has 0 bridgehead atoms. The summed E-state index contributed by atoms with van der Waals surface area (Å²) in [5.74, 6) is -0.0610. The molecule has 1 aromatic carbocycles. The highest BCUT2D eigenvalue weighted by molar-refractivity contribution is 8.00. The Balaban J connectivity index is 1.98. The molecule has 0 aliphatic heterocycles. The van der Waals surface area contributed by atoms with Crippen LogP contribution >= 0.6 is 35.0 Å². The molecule has 1 N–H and O–H groups in total. The van der Waals surface area contributed by atoms with Crippen molar-refractivity contribution in [1.29, 1.82) is 0 Å². The van der Waals surface area contributed by atoms with E-state index >= 15 is 0 Å². The van der Waals surface area contributed by atoms with E-state index in [1.807, 2.05) is 38.1 Å². The van der Waals surface area contributed by atoms with E-state index in [1.54, 1.807) is 18.3 Å². The molecule has 0 aliphatic carbocycles. The maximum absolute atomic E-state index is 12.3. The number of amides is 1. The second kappa shape index (κ2) is 7.86. The van der Waals surface area contributed by atoms with Crippen molar-refractivity contribution in [1.82, 2.24) is 10.3 Å². The molecule has 116 valence electrons. The third-order valence-electron chi connectivity index (χ3n) is 3.09. The van der Waals surface area contributed by atoms with E-state index in [1.165, 1.54) is 11.8 Å². The van der Waals surface area contributed by atoms with Crippen LogP contribution in [0.25, 0.3) is 0 Å². The normalized spacial score (nSPS) is 13.5. The summed E-state index contributed by atoms with van der Waals surface area (Å²) in [5, 5.41) is 4.66. The standard InChI is InChI=1S/C16H16Cl2N2OS/c1-10(13-7-6-12(17)9-14(13)18)20-16(21)11(2)22-15-5-3-4-8-19-15/h3-11H,1-2H3,(H,20,21)/t10-,11-/m0/s1. The lowest BCUT2D eigenvalue weighted by Gasteiger charge is -2.18. The Morgan fingerprint density at radius 1 is 1.23 bits per heavy atom. The number of pyridine rings is 1. The zero-order valence-corrected chi connectivity index (χ0v) is 14.5. The maximum atomic E-state index is 12.3. The number of nitrogens with one attached hydrogen (secondary N) is 1. The first kappa shape index (κ1) is 17.1. The van der Waals surface area contributed by atoms with Crippen LogP contribution < -0.4 is 5.32 Å².